The van der Waals surface area contributed by atoms with Crippen LogP contribution in [0.1, 0.15) is 47.8 Å². The summed E-state index contributed by atoms with van der Waals surface area (Å²) in [5.41, 5.74) is -0.335. The molecule has 0 spiro atoms. The lowest BCUT2D eigenvalue weighted by Gasteiger charge is -2.17. The summed E-state index contributed by atoms with van der Waals surface area (Å²) in [4.78, 5) is 25.6. The SMILES string of the molecule is CCOc1ccccc1C(=O)c1c(C)c(C#N)c(=O)n(CC(C)C)c1O. The lowest BCUT2D eigenvalue weighted by molar-refractivity contribution is 0.103. The normalized spacial score (nSPS) is 10.6. The summed E-state index contributed by atoms with van der Waals surface area (Å²) in [6.07, 6.45) is 0. The molecular weight excluding hydrogens is 332 g/mol. The minimum atomic E-state index is -0.592. The van der Waals surface area contributed by atoms with Gasteiger partial charge in [-0.2, -0.15) is 5.26 Å². The molecule has 1 heterocycles. The number of pyridine rings is 1. The molecule has 0 aliphatic heterocycles. The highest BCUT2D eigenvalue weighted by Crippen LogP contribution is 2.29. The number of aromatic nitrogens is 1. The van der Waals surface area contributed by atoms with Gasteiger partial charge in [0.25, 0.3) is 5.56 Å². The van der Waals surface area contributed by atoms with Crippen molar-refractivity contribution in [2.24, 2.45) is 5.92 Å². The molecule has 26 heavy (non-hydrogen) atoms. The summed E-state index contributed by atoms with van der Waals surface area (Å²) in [5.74, 6) is -0.472. The molecule has 0 saturated carbocycles. The molecule has 2 rings (SSSR count). The third kappa shape index (κ3) is 3.47. The fraction of sp³-hybridized carbons (Fsp3) is 0.350. The van der Waals surface area contributed by atoms with Crippen LogP contribution >= 0.6 is 0 Å². The minimum Gasteiger partial charge on any atom is -0.494 e. The zero-order chi connectivity index (χ0) is 19.4. The fourth-order valence-electron chi connectivity index (χ4n) is 2.83. The Morgan fingerprint density at radius 3 is 2.58 bits per heavy atom. The molecule has 0 amide bonds. The van der Waals surface area contributed by atoms with Gasteiger partial charge in [0.1, 0.15) is 17.4 Å². The lowest BCUT2D eigenvalue weighted by Crippen LogP contribution is -2.28. The van der Waals surface area contributed by atoms with Crippen molar-refractivity contribution in [2.75, 3.05) is 6.61 Å². The van der Waals surface area contributed by atoms with E-state index in [4.69, 9.17) is 4.74 Å². The number of hydrogen-bond donors (Lipinski definition) is 1. The zero-order valence-corrected chi connectivity index (χ0v) is 15.4. The number of nitrogens with zero attached hydrogens (tertiary/aromatic N) is 2. The largest absolute Gasteiger partial charge is 0.494 e. The van der Waals surface area contributed by atoms with Gasteiger partial charge in [-0.1, -0.05) is 26.0 Å². The van der Waals surface area contributed by atoms with E-state index in [9.17, 15) is 20.0 Å². The first-order valence-electron chi connectivity index (χ1n) is 8.46. The van der Waals surface area contributed by atoms with Gasteiger partial charge >= 0.3 is 0 Å². The van der Waals surface area contributed by atoms with E-state index in [2.05, 4.69) is 0 Å². The Labute approximate surface area is 152 Å². The fourth-order valence-corrected chi connectivity index (χ4v) is 2.83. The predicted octanol–water partition coefficient (Wildman–Crippen LogP) is 3.02. The molecule has 6 nitrogen and oxygen atoms in total. The molecule has 0 bridgehead atoms. The van der Waals surface area contributed by atoms with E-state index in [1.165, 1.54) is 6.92 Å². The molecule has 6 heteroatoms. The van der Waals surface area contributed by atoms with Crippen LogP contribution in [-0.4, -0.2) is 22.1 Å². The van der Waals surface area contributed by atoms with Gasteiger partial charge in [0.2, 0.25) is 11.7 Å². The second kappa shape index (κ2) is 7.87. The Morgan fingerprint density at radius 1 is 1.35 bits per heavy atom. The molecule has 2 aromatic rings. The number of para-hydroxylation sites is 1. The van der Waals surface area contributed by atoms with Gasteiger partial charge in [0.15, 0.2) is 0 Å². The zero-order valence-electron chi connectivity index (χ0n) is 15.4. The van der Waals surface area contributed by atoms with Crippen LogP contribution in [-0.2, 0) is 6.54 Å². The summed E-state index contributed by atoms with van der Waals surface area (Å²) >= 11 is 0. The van der Waals surface area contributed by atoms with Gasteiger partial charge in [-0.15, -0.1) is 0 Å². The minimum absolute atomic E-state index is 0.0473. The highest BCUT2D eigenvalue weighted by molar-refractivity contribution is 6.13. The van der Waals surface area contributed by atoms with Crippen molar-refractivity contribution in [3.8, 4) is 17.7 Å². The second-order valence-corrected chi connectivity index (χ2v) is 6.38. The van der Waals surface area contributed by atoms with Crippen LogP contribution in [0.3, 0.4) is 0 Å². The summed E-state index contributed by atoms with van der Waals surface area (Å²) in [7, 11) is 0. The van der Waals surface area contributed by atoms with E-state index in [1.54, 1.807) is 31.2 Å². The molecule has 0 atom stereocenters. The average Bonchev–Trinajstić information content (AvgIpc) is 2.59. The van der Waals surface area contributed by atoms with Crippen LogP contribution in [0.5, 0.6) is 11.6 Å². The first-order valence-corrected chi connectivity index (χ1v) is 8.46. The van der Waals surface area contributed by atoms with Crippen LogP contribution in [0, 0.1) is 24.2 Å². The Hall–Kier alpha value is -3.07. The van der Waals surface area contributed by atoms with Crippen molar-refractivity contribution in [1.29, 1.82) is 5.26 Å². The van der Waals surface area contributed by atoms with Gasteiger partial charge in [0.05, 0.1) is 17.7 Å². The van der Waals surface area contributed by atoms with Gasteiger partial charge in [0, 0.05) is 6.54 Å². The molecule has 0 aliphatic rings. The van der Waals surface area contributed by atoms with Crippen molar-refractivity contribution in [2.45, 2.75) is 34.2 Å². The Bertz CT molecular complexity index is 936. The van der Waals surface area contributed by atoms with E-state index in [0.29, 0.717) is 12.4 Å². The molecule has 0 saturated heterocycles. The van der Waals surface area contributed by atoms with E-state index >= 15 is 0 Å². The van der Waals surface area contributed by atoms with Crippen molar-refractivity contribution in [1.82, 2.24) is 4.57 Å². The van der Waals surface area contributed by atoms with Crippen molar-refractivity contribution < 1.29 is 14.6 Å². The van der Waals surface area contributed by atoms with Gasteiger partial charge in [-0.05, 0) is 37.5 Å². The maximum atomic E-state index is 13.1. The van der Waals surface area contributed by atoms with Crippen LogP contribution in [0.15, 0.2) is 29.1 Å². The van der Waals surface area contributed by atoms with Gasteiger partial charge < -0.3 is 9.84 Å². The molecule has 136 valence electrons. The van der Waals surface area contributed by atoms with Gasteiger partial charge in [-0.25, -0.2) is 0 Å². The number of nitriles is 1. The van der Waals surface area contributed by atoms with E-state index in [-0.39, 0.29) is 34.7 Å². The number of carbonyl (C=O) groups is 1. The molecule has 1 N–H and O–H groups in total. The topological polar surface area (TPSA) is 92.3 Å². The highest BCUT2D eigenvalue weighted by atomic mass is 16.5. The van der Waals surface area contributed by atoms with E-state index in [0.717, 1.165) is 4.57 Å². The number of carbonyl (C=O) groups excluding carboxylic acids is 1. The van der Waals surface area contributed by atoms with Crippen LogP contribution < -0.4 is 10.3 Å². The number of aromatic hydroxyl groups is 1. The molecule has 0 unspecified atom stereocenters. The van der Waals surface area contributed by atoms with Crippen LogP contribution in [0.4, 0.5) is 0 Å². The first kappa shape index (κ1) is 19.3. The Morgan fingerprint density at radius 2 is 2.00 bits per heavy atom. The van der Waals surface area contributed by atoms with Crippen LogP contribution in [0.25, 0.3) is 0 Å². The molecule has 0 radical (unpaired) electrons. The Kier molecular flexibility index (Phi) is 5.83. The van der Waals surface area contributed by atoms with Crippen molar-refractivity contribution >= 4 is 5.78 Å². The lowest BCUT2D eigenvalue weighted by atomic mass is 9.96. The maximum Gasteiger partial charge on any atom is 0.271 e. The van der Waals surface area contributed by atoms with Crippen molar-refractivity contribution in [3.63, 3.8) is 0 Å². The average molecular weight is 354 g/mol. The number of ether oxygens (including phenoxy) is 1. The number of benzene rings is 1. The summed E-state index contributed by atoms with van der Waals surface area (Å²) in [5, 5.41) is 20.0. The highest BCUT2D eigenvalue weighted by Gasteiger charge is 2.26. The third-order valence-corrected chi connectivity index (χ3v) is 4.01. The Balaban J connectivity index is 2.76. The summed E-state index contributed by atoms with van der Waals surface area (Å²) in [6.45, 7) is 7.64. The number of rotatable bonds is 6. The summed E-state index contributed by atoms with van der Waals surface area (Å²) < 4.78 is 6.59. The predicted molar refractivity (Wildman–Crippen MR) is 97.7 cm³/mol. The molecular formula is C20H22N2O4. The van der Waals surface area contributed by atoms with Crippen LogP contribution in [0.2, 0.25) is 0 Å². The first-order chi connectivity index (χ1) is 12.3. The quantitative estimate of drug-likeness (QED) is 0.805. The second-order valence-electron chi connectivity index (χ2n) is 6.38. The van der Waals surface area contributed by atoms with E-state index in [1.807, 2.05) is 19.9 Å². The molecule has 1 aromatic heterocycles. The smallest absolute Gasteiger partial charge is 0.271 e. The standard InChI is InChI=1S/C20H22N2O4/c1-5-26-16-9-7-6-8-14(16)18(23)17-13(4)15(10-21)19(24)22(20(17)25)11-12(2)3/h6-9,12,25H,5,11H2,1-4H3. The summed E-state index contributed by atoms with van der Waals surface area (Å²) in [6, 6.07) is 8.56. The molecule has 0 fully saturated rings. The van der Waals surface area contributed by atoms with Crippen molar-refractivity contribution in [3.05, 3.63) is 56.9 Å². The monoisotopic (exact) mass is 354 g/mol. The third-order valence-electron chi connectivity index (χ3n) is 4.01. The molecule has 1 aromatic carbocycles. The van der Waals surface area contributed by atoms with E-state index < -0.39 is 17.2 Å². The number of hydrogen-bond acceptors (Lipinski definition) is 5. The van der Waals surface area contributed by atoms with Gasteiger partial charge in [-0.3, -0.25) is 14.2 Å². The molecule has 0 aliphatic carbocycles. The maximum absolute atomic E-state index is 13.1. The number of ketones is 1.